The number of fused-ring (bicyclic) bond motifs is 1. The maximum absolute atomic E-state index is 12.6. The van der Waals surface area contributed by atoms with Gasteiger partial charge in [0, 0.05) is 31.7 Å². The lowest BCUT2D eigenvalue weighted by Gasteiger charge is -2.33. The van der Waals surface area contributed by atoms with Gasteiger partial charge in [-0.05, 0) is 18.0 Å². The van der Waals surface area contributed by atoms with Crippen LogP contribution >= 0.6 is 11.6 Å². The normalized spacial score (nSPS) is 15.8. The molecule has 8 heteroatoms. The molecule has 1 aromatic carbocycles. The number of aromatic nitrogens is 4. The van der Waals surface area contributed by atoms with Crippen LogP contribution in [-0.2, 0) is 5.41 Å². The number of likely N-dealkylation sites (N-methyl/N-ethyl adjacent to an activating group) is 1. The van der Waals surface area contributed by atoms with Crippen LogP contribution in [0.1, 0.15) is 26.3 Å². The minimum absolute atomic E-state index is 0.0579. The van der Waals surface area contributed by atoms with Crippen molar-refractivity contribution in [3.8, 4) is 11.4 Å². The second-order valence-corrected chi connectivity index (χ2v) is 8.90. The zero-order valence-electron chi connectivity index (χ0n) is 17.2. The van der Waals surface area contributed by atoms with Gasteiger partial charge in [-0.25, -0.2) is 15.0 Å². The van der Waals surface area contributed by atoms with Crippen molar-refractivity contribution in [3.63, 3.8) is 0 Å². The fourth-order valence-corrected chi connectivity index (χ4v) is 3.66. The molecule has 1 aliphatic rings. The Morgan fingerprint density at radius 2 is 1.66 bits per heavy atom. The molecule has 0 radical (unpaired) electrons. The van der Waals surface area contributed by atoms with Gasteiger partial charge < -0.3 is 14.8 Å². The summed E-state index contributed by atoms with van der Waals surface area (Å²) < 4.78 is 0. The van der Waals surface area contributed by atoms with Crippen molar-refractivity contribution in [2.24, 2.45) is 0 Å². The highest BCUT2D eigenvalue weighted by atomic mass is 35.5. The molecule has 1 saturated heterocycles. The number of hydrogen-bond acceptors (Lipinski definition) is 6. The van der Waals surface area contributed by atoms with Gasteiger partial charge >= 0.3 is 0 Å². The number of aromatic amines is 1. The summed E-state index contributed by atoms with van der Waals surface area (Å²) in [4.78, 5) is 33.2. The van der Waals surface area contributed by atoms with Crippen molar-refractivity contribution in [2.75, 3.05) is 38.1 Å². The van der Waals surface area contributed by atoms with E-state index in [1.807, 2.05) is 12.1 Å². The van der Waals surface area contributed by atoms with Gasteiger partial charge in [-0.3, -0.25) is 4.79 Å². The van der Waals surface area contributed by atoms with Crippen molar-refractivity contribution in [1.82, 2.24) is 24.8 Å². The molecule has 1 aliphatic heterocycles. The van der Waals surface area contributed by atoms with Crippen molar-refractivity contribution in [2.45, 2.75) is 26.2 Å². The van der Waals surface area contributed by atoms with E-state index in [2.05, 4.69) is 69.7 Å². The Hall–Kier alpha value is -2.51. The quantitative estimate of drug-likeness (QED) is 0.696. The molecule has 0 atom stereocenters. The van der Waals surface area contributed by atoms with E-state index in [1.165, 1.54) is 5.56 Å². The van der Waals surface area contributed by atoms with E-state index >= 15 is 0 Å². The smallest absolute Gasteiger partial charge is 0.279 e. The van der Waals surface area contributed by atoms with Crippen molar-refractivity contribution in [1.29, 1.82) is 0 Å². The van der Waals surface area contributed by atoms with Gasteiger partial charge in [-0.2, -0.15) is 0 Å². The Bertz CT molecular complexity index is 1100. The van der Waals surface area contributed by atoms with E-state index in [0.29, 0.717) is 17.3 Å². The Kier molecular flexibility index (Phi) is 5.04. The molecule has 152 valence electrons. The molecule has 0 aliphatic carbocycles. The SMILES string of the molecule is CN1CCN(c2nc3nc(-c4ccc(C(C)(C)C)cc4)[nH]c(=O)c3nc2Cl)CC1. The summed E-state index contributed by atoms with van der Waals surface area (Å²) in [6.07, 6.45) is 0. The Morgan fingerprint density at radius 1 is 1.00 bits per heavy atom. The zero-order chi connectivity index (χ0) is 20.8. The van der Waals surface area contributed by atoms with Gasteiger partial charge in [-0.15, -0.1) is 0 Å². The average molecular weight is 413 g/mol. The minimum Gasteiger partial charge on any atom is -0.351 e. The van der Waals surface area contributed by atoms with Crippen LogP contribution in [0.25, 0.3) is 22.6 Å². The number of anilines is 1. The highest BCUT2D eigenvalue weighted by molar-refractivity contribution is 6.32. The molecule has 0 spiro atoms. The lowest BCUT2D eigenvalue weighted by Crippen LogP contribution is -2.45. The summed E-state index contributed by atoms with van der Waals surface area (Å²) in [6, 6.07) is 8.05. The zero-order valence-corrected chi connectivity index (χ0v) is 17.9. The molecule has 1 fully saturated rings. The summed E-state index contributed by atoms with van der Waals surface area (Å²) in [5.41, 5.74) is 2.22. The first kappa shape index (κ1) is 19.8. The number of piperazine rings is 1. The van der Waals surface area contributed by atoms with Crippen LogP contribution in [0, 0.1) is 0 Å². The molecule has 4 rings (SSSR count). The maximum atomic E-state index is 12.6. The number of halogens is 1. The third kappa shape index (κ3) is 3.97. The van der Waals surface area contributed by atoms with E-state index in [9.17, 15) is 4.79 Å². The first-order valence-corrected chi connectivity index (χ1v) is 10.1. The summed E-state index contributed by atoms with van der Waals surface area (Å²) in [5.74, 6) is 1.06. The second kappa shape index (κ2) is 7.39. The third-order valence-corrected chi connectivity index (χ3v) is 5.56. The predicted molar refractivity (Wildman–Crippen MR) is 117 cm³/mol. The molecule has 7 nitrogen and oxygen atoms in total. The first-order valence-electron chi connectivity index (χ1n) is 9.74. The fourth-order valence-electron chi connectivity index (χ4n) is 3.41. The van der Waals surface area contributed by atoms with Gasteiger partial charge in [0.2, 0.25) is 0 Å². The molecule has 3 heterocycles. The Balaban J connectivity index is 1.75. The van der Waals surface area contributed by atoms with Crippen molar-refractivity contribution in [3.05, 3.63) is 45.3 Å². The molecule has 0 amide bonds. The summed E-state index contributed by atoms with van der Waals surface area (Å²) in [5, 5.41) is 0.233. The van der Waals surface area contributed by atoms with Crippen LogP contribution in [0.5, 0.6) is 0 Å². The lowest BCUT2D eigenvalue weighted by molar-refractivity contribution is 0.312. The maximum Gasteiger partial charge on any atom is 0.279 e. The van der Waals surface area contributed by atoms with Crippen LogP contribution in [0.2, 0.25) is 5.15 Å². The number of benzene rings is 1. The number of H-pyrrole nitrogens is 1. The van der Waals surface area contributed by atoms with Crippen LogP contribution in [0.15, 0.2) is 29.1 Å². The summed E-state index contributed by atoms with van der Waals surface area (Å²) in [7, 11) is 2.09. The molecular weight excluding hydrogens is 388 g/mol. The second-order valence-electron chi connectivity index (χ2n) is 8.54. The number of nitrogens with one attached hydrogen (secondary N) is 1. The molecule has 0 saturated carbocycles. The largest absolute Gasteiger partial charge is 0.351 e. The van der Waals surface area contributed by atoms with Gasteiger partial charge in [0.05, 0.1) is 0 Å². The van der Waals surface area contributed by atoms with E-state index in [0.717, 1.165) is 31.7 Å². The summed E-state index contributed by atoms with van der Waals surface area (Å²) in [6.45, 7) is 9.95. The first-order chi connectivity index (χ1) is 13.7. The highest BCUT2D eigenvalue weighted by Crippen LogP contribution is 2.26. The predicted octanol–water partition coefficient (Wildman–Crippen LogP) is 3.08. The van der Waals surface area contributed by atoms with E-state index in [-0.39, 0.29) is 21.6 Å². The monoisotopic (exact) mass is 412 g/mol. The topological polar surface area (TPSA) is 78.0 Å². The average Bonchev–Trinajstić information content (AvgIpc) is 2.68. The lowest BCUT2D eigenvalue weighted by atomic mass is 9.87. The molecule has 0 bridgehead atoms. The Labute approximate surface area is 174 Å². The highest BCUT2D eigenvalue weighted by Gasteiger charge is 2.21. The van der Waals surface area contributed by atoms with Gasteiger partial charge in [0.1, 0.15) is 5.82 Å². The minimum atomic E-state index is -0.343. The van der Waals surface area contributed by atoms with Crippen LogP contribution in [0.3, 0.4) is 0 Å². The van der Waals surface area contributed by atoms with Crippen LogP contribution in [-0.4, -0.2) is 58.1 Å². The molecule has 29 heavy (non-hydrogen) atoms. The van der Waals surface area contributed by atoms with Gasteiger partial charge in [0.25, 0.3) is 5.56 Å². The van der Waals surface area contributed by atoms with Gasteiger partial charge in [0.15, 0.2) is 22.1 Å². The van der Waals surface area contributed by atoms with E-state index in [1.54, 1.807) is 0 Å². The third-order valence-electron chi connectivity index (χ3n) is 5.31. The van der Waals surface area contributed by atoms with Crippen molar-refractivity contribution >= 4 is 28.6 Å². The van der Waals surface area contributed by atoms with Crippen LogP contribution in [0.4, 0.5) is 5.82 Å². The van der Waals surface area contributed by atoms with E-state index < -0.39 is 0 Å². The number of nitrogens with zero attached hydrogens (tertiary/aromatic N) is 5. The molecule has 0 unspecified atom stereocenters. The van der Waals surface area contributed by atoms with Crippen molar-refractivity contribution < 1.29 is 0 Å². The van der Waals surface area contributed by atoms with Crippen LogP contribution < -0.4 is 10.5 Å². The molecule has 3 aromatic rings. The Morgan fingerprint density at radius 3 is 2.28 bits per heavy atom. The molecular formula is C21H25ClN6O. The fraction of sp³-hybridized carbons (Fsp3) is 0.429. The standard InChI is InChI=1S/C21H25ClN6O/c1-21(2,3)14-7-5-13(6-8-14)17-24-18-15(20(29)26-17)23-16(22)19(25-18)28-11-9-27(4)10-12-28/h5-8H,9-12H2,1-4H3,(H,24,25,26,29). The van der Waals surface area contributed by atoms with Gasteiger partial charge in [-0.1, -0.05) is 56.6 Å². The summed E-state index contributed by atoms with van der Waals surface area (Å²) >= 11 is 6.35. The number of rotatable bonds is 2. The molecule has 2 aromatic heterocycles. The molecule has 1 N–H and O–H groups in total. The number of hydrogen-bond donors (Lipinski definition) is 1. The van der Waals surface area contributed by atoms with E-state index in [4.69, 9.17) is 11.6 Å².